The summed E-state index contributed by atoms with van der Waals surface area (Å²) >= 11 is 1.89. The lowest BCUT2D eigenvalue weighted by Crippen LogP contribution is -2.33. The van der Waals surface area contributed by atoms with Crippen LogP contribution < -0.4 is 5.32 Å². The van der Waals surface area contributed by atoms with Crippen LogP contribution in [0, 0.1) is 0 Å². The van der Waals surface area contributed by atoms with E-state index in [4.69, 9.17) is 0 Å². The third-order valence-corrected chi connectivity index (χ3v) is 2.84. The normalized spacial score (nSPS) is 13.1. The van der Waals surface area contributed by atoms with Crippen LogP contribution in [0.15, 0.2) is 12.4 Å². The molecular weight excluding hydrogens is 194 g/mol. The first-order valence-electron chi connectivity index (χ1n) is 4.96. The minimum atomic E-state index is 0.569. The molecule has 0 fully saturated rings. The highest BCUT2D eigenvalue weighted by Crippen LogP contribution is 2.06. The number of aryl methyl sites for hydroxylation is 1. The summed E-state index contributed by atoms with van der Waals surface area (Å²) in [5, 5.41) is 7.66. The van der Waals surface area contributed by atoms with Crippen LogP contribution in [0.25, 0.3) is 0 Å². The van der Waals surface area contributed by atoms with E-state index < -0.39 is 0 Å². The quantitative estimate of drug-likeness (QED) is 0.772. The summed E-state index contributed by atoms with van der Waals surface area (Å²) in [6.07, 6.45) is 7.26. The lowest BCUT2D eigenvalue weighted by atomic mass is 10.1. The van der Waals surface area contributed by atoms with Crippen LogP contribution in [-0.2, 0) is 13.5 Å². The summed E-state index contributed by atoms with van der Waals surface area (Å²) < 4.78 is 1.86. The molecule has 1 unspecified atom stereocenters. The minimum absolute atomic E-state index is 0.569. The van der Waals surface area contributed by atoms with Crippen molar-refractivity contribution in [1.29, 1.82) is 0 Å². The van der Waals surface area contributed by atoms with E-state index in [-0.39, 0.29) is 0 Å². The molecule has 14 heavy (non-hydrogen) atoms. The predicted molar refractivity (Wildman–Crippen MR) is 62.8 cm³/mol. The number of hydrogen-bond donors (Lipinski definition) is 1. The Bertz CT molecular complexity index is 254. The van der Waals surface area contributed by atoms with Gasteiger partial charge in [0.05, 0.1) is 6.20 Å². The zero-order valence-electron chi connectivity index (χ0n) is 9.16. The van der Waals surface area contributed by atoms with Gasteiger partial charge in [-0.3, -0.25) is 4.68 Å². The Hall–Kier alpha value is -0.480. The molecule has 1 heterocycles. The van der Waals surface area contributed by atoms with Crippen molar-refractivity contribution in [3.8, 4) is 0 Å². The van der Waals surface area contributed by atoms with Gasteiger partial charge in [0.1, 0.15) is 0 Å². The zero-order valence-corrected chi connectivity index (χ0v) is 9.97. The van der Waals surface area contributed by atoms with Gasteiger partial charge < -0.3 is 5.32 Å². The van der Waals surface area contributed by atoms with Crippen LogP contribution in [0.5, 0.6) is 0 Å². The maximum atomic E-state index is 4.17. The first-order valence-corrected chi connectivity index (χ1v) is 6.35. The maximum Gasteiger partial charge on any atom is 0.0522 e. The van der Waals surface area contributed by atoms with Gasteiger partial charge in [-0.2, -0.15) is 16.9 Å². The second kappa shape index (κ2) is 6.09. The number of hydrogen-bond acceptors (Lipinski definition) is 3. The summed E-state index contributed by atoms with van der Waals surface area (Å²) in [4.78, 5) is 0. The minimum Gasteiger partial charge on any atom is -0.313 e. The molecule has 1 N–H and O–H groups in total. The zero-order chi connectivity index (χ0) is 10.4. The SMILES string of the molecule is CCNC(CSC)Cc1cnn(C)c1. The van der Waals surface area contributed by atoms with Crippen molar-refractivity contribution in [3.05, 3.63) is 18.0 Å². The second-order valence-corrected chi connectivity index (χ2v) is 4.35. The van der Waals surface area contributed by atoms with Gasteiger partial charge in [0.2, 0.25) is 0 Å². The van der Waals surface area contributed by atoms with E-state index in [1.54, 1.807) is 0 Å². The van der Waals surface area contributed by atoms with E-state index in [0.717, 1.165) is 18.7 Å². The van der Waals surface area contributed by atoms with Crippen molar-refractivity contribution >= 4 is 11.8 Å². The van der Waals surface area contributed by atoms with Gasteiger partial charge in [-0.05, 0) is 24.8 Å². The molecule has 0 aromatic carbocycles. The molecule has 0 saturated heterocycles. The van der Waals surface area contributed by atoms with Crippen molar-refractivity contribution in [1.82, 2.24) is 15.1 Å². The maximum absolute atomic E-state index is 4.17. The molecule has 0 spiro atoms. The average molecular weight is 213 g/mol. The summed E-state index contributed by atoms with van der Waals surface area (Å²) in [6.45, 7) is 3.18. The van der Waals surface area contributed by atoms with Crippen molar-refractivity contribution in [2.24, 2.45) is 7.05 Å². The van der Waals surface area contributed by atoms with Crippen molar-refractivity contribution in [2.75, 3.05) is 18.6 Å². The van der Waals surface area contributed by atoms with E-state index in [1.165, 1.54) is 5.56 Å². The molecule has 1 aromatic rings. The third-order valence-electron chi connectivity index (χ3n) is 2.10. The Morgan fingerprint density at radius 1 is 1.64 bits per heavy atom. The number of nitrogens with one attached hydrogen (secondary N) is 1. The van der Waals surface area contributed by atoms with E-state index in [1.807, 2.05) is 29.7 Å². The van der Waals surface area contributed by atoms with Gasteiger partial charge in [-0.25, -0.2) is 0 Å². The molecule has 0 aliphatic carbocycles. The van der Waals surface area contributed by atoms with Gasteiger partial charge in [0.15, 0.2) is 0 Å². The molecule has 1 rings (SSSR count). The highest BCUT2D eigenvalue weighted by molar-refractivity contribution is 7.98. The second-order valence-electron chi connectivity index (χ2n) is 3.44. The molecule has 80 valence electrons. The lowest BCUT2D eigenvalue weighted by molar-refractivity contribution is 0.573. The first kappa shape index (κ1) is 11.6. The fraction of sp³-hybridized carbons (Fsp3) is 0.700. The highest BCUT2D eigenvalue weighted by Gasteiger charge is 2.08. The number of thioether (sulfide) groups is 1. The van der Waals surface area contributed by atoms with E-state index >= 15 is 0 Å². The monoisotopic (exact) mass is 213 g/mol. The predicted octanol–water partition coefficient (Wildman–Crippen LogP) is 1.30. The lowest BCUT2D eigenvalue weighted by Gasteiger charge is -2.15. The van der Waals surface area contributed by atoms with E-state index in [9.17, 15) is 0 Å². The molecule has 3 nitrogen and oxygen atoms in total. The van der Waals surface area contributed by atoms with Crippen LogP contribution in [0.4, 0.5) is 0 Å². The van der Waals surface area contributed by atoms with Crippen LogP contribution in [-0.4, -0.2) is 34.4 Å². The van der Waals surface area contributed by atoms with Gasteiger partial charge in [-0.1, -0.05) is 6.92 Å². The largest absolute Gasteiger partial charge is 0.313 e. The van der Waals surface area contributed by atoms with Gasteiger partial charge >= 0.3 is 0 Å². The smallest absolute Gasteiger partial charge is 0.0522 e. The standard InChI is InChI=1S/C10H19N3S/c1-4-11-10(8-14-3)5-9-6-12-13(2)7-9/h6-7,10-11H,4-5,8H2,1-3H3. The summed E-state index contributed by atoms with van der Waals surface area (Å²) in [7, 11) is 1.96. The molecule has 0 amide bonds. The molecule has 1 atom stereocenters. The number of aromatic nitrogens is 2. The molecule has 1 aromatic heterocycles. The van der Waals surface area contributed by atoms with Crippen molar-refractivity contribution in [2.45, 2.75) is 19.4 Å². The van der Waals surface area contributed by atoms with E-state index in [0.29, 0.717) is 6.04 Å². The van der Waals surface area contributed by atoms with Crippen LogP contribution >= 0.6 is 11.8 Å². The van der Waals surface area contributed by atoms with Crippen molar-refractivity contribution < 1.29 is 0 Å². The Morgan fingerprint density at radius 2 is 2.43 bits per heavy atom. The Kier molecular flexibility index (Phi) is 5.04. The van der Waals surface area contributed by atoms with E-state index in [2.05, 4.69) is 29.8 Å². The first-order chi connectivity index (χ1) is 6.76. The molecule has 0 radical (unpaired) electrons. The summed E-state index contributed by atoms with van der Waals surface area (Å²) in [6, 6.07) is 0.569. The average Bonchev–Trinajstić information content (AvgIpc) is 2.52. The van der Waals surface area contributed by atoms with Crippen LogP contribution in [0.3, 0.4) is 0 Å². The summed E-state index contributed by atoms with van der Waals surface area (Å²) in [5.74, 6) is 1.16. The fourth-order valence-corrected chi connectivity index (χ4v) is 2.18. The summed E-state index contributed by atoms with van der Waals surface area (Å²) in [5.41, 5.74) is 1.31. The number of likely N-dealkylation sites (N-methyl/N-ethyl adjacent to an activating group) is 1. The molecule has 0 bridgehead atoms. The molecule has 4 heteroatoms. The topological polar surface area (TPSA) is 29.9 Å². The number of nitrogens with zero attached hydrogens (tertiary/aromatic N) is 2. The molecule has 0 aliphatic rings. The van der Waals surface area contributed by atoms with Crippen molar-refractivity contribution in [3.63, 3.8) is 0 Å². The highest BCUT2D eigenvalue weighted by atomic mass is 32.2. The molecule has 0 aliphatic heterocycles. The Morgan fingerprint density at radius 3 is 2.93 bits per heavy atom. The van der Waals surface area contributed by atoms with Gasteiger partial charge in [-0.15, -0.1) is 0 Å². The third kappa shape index (κ3) is 3.72. The number of rotatable bonds is 6. The van der Waals surface area contributed by atoms with Crippen LogP contribution in [0.1, 0.15) is 12.5 Å². The van der Waals surface area contributed by atoms with Crippen LogP contribution in [0.2, 0.25) is 0 Å². The van der Waals surface area contributed by atoms with Gasteiger partial charge in [0.25, 0.3) is 0 Å². The Labute approximate surface area is 90.3 Å². The van der Waals surface area contributed by atoms with Gasteiger partial charge in [0, 0.05) is 25.0 Å². The Balaban J connectivity index is 2.46. The molecular formula is C10H19N3S. The molecule has 0 saturated carbocycles. The fourth-order valence-electron chi connectivity index (χ4n) is 1.54.